The molecule has 0 saturated heterocycles. The standard InChI is InChI=1S/C11H9N5/c12-4-10-7-16-11(8-14-10)15-6-9-2-1-3-13-5-9/h1-3,5,7-8H,6H2,(H,15,16). The number of nitriles is 1. The number of hydrogen-bond acceptors (Lipinski definition) is 5. The van der Waals surface area contributed by atoms with Crippen molar-refractivity contribution in [3.63, 3.8) is 0 Å². The number of nitrogens with one attached hydrogen (secondary N) is 1. The molecule has 5 nitrogen and oxygen atoms in total. The maximum Gasteiger partial charge on any atom is 0.158 e. The van der Waals surface area contributed by atoms with Gasteiger partial charge >= 0.3 is 0 Å². The Balaban J connectivity index is 1.98. The summed E-state index contributed by atoms with van der Waals surface area (Å²) < 4.78 is 0. The summed E-state index contributed by atoms with van der Waals surface area (Å²) >= 11 is 0. The first-order chi connectivity index (χ1) is 7.88. The molecule has 5 heteroatoms. The molecule has 0 saturated carbocycles. The van der Waals surface area contributed by atoms with Crippen molar-refractivity contribution in [3.05, 3.63) is 48.2 Å². The van der Waals surface area contributed by atoms with Crippen LogP contribution in [-0.2, 0) is 6.54 Å². The summed E-state index contributed by atoms with van der Waals surface area (Å²) in [6.07, 6.45) is 6.48. The number of nitrogens with zero attached hydrogens (tertiary/aromatic N) is 4. The van der Waals surface area contributed by atoms with Crippen LogP contribution in [0.2, 0.25) is 0 Å². The Morgan fingerprint density at radius 1 is 1.25 bits per heavy atom. The lowest BCUT2D eigenvalue weighted by molar-refractivity contribution is 1.06. The third kappa shape index (κ3) is 2.51. The molecule has 0 aliphatic rings. The van der Waals surface area contributed by atoms with Gasteiger partial charge in [-0.05, 0) is 11.6 Å². The van der Waals surface area contributed by atoms with Crippen molar-refractivity contribution in [2.24, 2.45) is 0 Å². The van der Waals surface area contributed by atoms with E-state index in [2.05, 4.69) is 20.3 Å². The van der Waals surface area contributed by atoms with Gasteiger partial charge in [0.2, 0.25) is 0 Å². The summed E-state index contributed by atoms with van der Waals surface area (Å²) in [7, 11) is 0. The third-order valence-electron chi connectivity index (χ3n) is 1.96. The van der Waals surface area contributed by atoms with E-state index in [0.717, 1.165) is 5.56 Å². The van der Waals surface area contributed by atoms with Gasteiger partial charge in [0.15, 0.2) is 5.69 Å². The minimum absolute atomic E-state index is 0.312. The molecule has 0 bridgehead atoms. The predicted molar refractivity (Wildman–Crippen MR) is 58.3 cm³/mol. The molecule has 0 unspecified atom stereocenters. The van der Waals surface area contributed by atoms with E-state index in [-0.39, 0.29) is 0 Å². The monoisotopic (exact) mass is 211 g/mol. The van der Waals surface area contributed by atoms with E-state index in [0.29, 0.717) is 18.1 Å². The van der Waals surface area contributed by atoms with Crippen LogP contribution in [-0.4, -0.2) is 15.0 Å². The summed E-state index contributed by atoms with van der Waals surface area (Å²) in [4.78, 5) is 12.0. The van der Waals surface area contributed by atoms with E-state index in [4.69, 9.17) is 5.26 Å². The smallest absolute Gasteiger partial charge is 0.158 e. The fraction of sp³-hybridized carbons (Fsp3) is 0.0909. The molecule has 2 aromatic heterocycles. The van der Waals surface area contributed by atoms with E-state index in [1.165, 1.54) is 12.4 Å². The Bertz CT molecular complexity index is 486. The van der Waals surface area contributed by atoms with Crippen LogP contribution < -0.4 is 5.32 Å². The van der Waals surface area contributed by atoms with Gasteiger partial charge < -0.3 is 5.32 Å². The van der Waals surface area contributed by atoms with Gasteiger partial charge in [0, 0.05) is 18.9 Å². The number of hydrogen-bond donors (Lipinski definition) is 1. The Morgan fingerprint density at radius 3 is 2.81 bits per heavy atom. The molecule has 16 heavy (non-hydrogen) atoms. The molecular formula is C11H9N5. The van der Waals surface area contributed by atoms with Gasteiger partial charge in [0.05, 0.1) is 12.4 Å². The molecular weight excluding hydrogens is 202 g/mol. The van der Waals surface area contributed by atoms with Crippen molar-refractivity contribution in [1.29, 1.82) is 5.26 Å². The second-order valence-corrected chi connectivity index (χ2v) is 3.11. The van der Waals surface area contributed by atoms with Crippen LogP contribution >= 0.6 is 0 Å². The molecule has 2 heterocycles. The molecule has 0 fully saturated rings. The van der Waals surface area contributed by atoms with Crippen LogP contribution in [0.4, 0.5) is 5.82 Å². The predicted octanol–water partition coefficient (Wildman–Crippen LogP) is 1.36. The highest BCUT2D eigenvalue weighted by Gasteiger charge is 1.96. The highest BCUT2D eigenvalue weighted by molar-refractivity contribution is 5.34. The molecule has 0 radical (unpaired) electrons. The lowest BCUT2D eigenvalue weighted by Gasteiger charge is -2.03. The second-order valence-electron chi connectivity index (χ2n) is 3.11. The zero-order valence-corrected chi connectivity index (χ0v) is 8.46. The molecule has 0 spiro atoms. The van der Waals surface area contributed by atoms with Gasteiger partial charge in [0.1, 0.15) is 11.9 Å². The number of anilines is 1. The SMILES string of the molecule is N#Cc1cnc(NCc2cccnc2)cn1. The first-order valence-electron chi connectivity index (χ1n) is 4.73. The molecule has 2 aromatic rings. The van der Waals surface area contributed by atoms with Crippen LogP contribution in [0.1, 0.15) is 11.3 Å². The summed E-state index contributed by atoms with van der Waals surface area (Å²) in [5.74, 6) is 0.642. The Morgan fingerprint density at radius 2 is 2.19 bits per heavy atom. The van der Waals surface area contributed by atoms with Gasteiger partial charge in [-0.3, -0.25) is 4.98 Å². The Kier molecular flexibility index (Phi) is 3.04. The molecule has 0 aromatic carbocycles. The zero-order chi connectivity index (χ0) is 11.2. The number of pyridine rings is 1. The van der Waals surface area contributed by atoms with Crippen molar-refractivity contribution in [2.75, 3.05) is 5.32 Å². The minimum atomic E-state index is 0.312. The van der Waals surface area contributed by atoms with E-state index in [1.807, 2.05) is 18.2 Å². The van der Waals surface area contributed by atoms with Gasteiger partial charge in [0.25, 0.3) is 0 Å². The van der Waals surface area contributed by atoms with E-state index >= 15 is 0 Å². The first kappa shape index (κ1) is 10.1. The lowest BCUT2D eigenvalue weighted by Crippen LogP contribution is -2.02. The summed E-state index contributed by atoms with van der Waals surface area (Å²) in [6.45, 7) is 0.633. The Labute approximate surface area is 92.8 Å². The largest absolute Gasteiger partial charge is 0.365 e. The van der Waals surface area contributed by atoms with Gasteiger partial charge in [-0.1, -0.05) is 6.07 Å². The van der Waals surface area contributed by atoms with Crippen molar-refractivity contribution in [1.82, 2.24) is 15.0 Å². The maximum absolute atomic E-state index is 8.56. The number of aromatic nitrogens is 3. The van der Waals surface area contributed by atoms with Crippen LogP contribution in [0.25, 0.3) is 0 Å². The molecule has 78 valence electrons. The fourth-order valence-corrected chi connectivity index (χ4v) is 1.17. The molecule has 0 aliphatic carbocycles. The van der Waals surface area contributed by atoms with E-state index < -0.39 is 0 Å². The summed E-state index contributed by atoms with van der Waals surface area (Å²) in [5, 5.41) is 11.6. The maximum atomic E-state index is 8.56. The number of rotatable bonds is 3. The van der Waals surface area contributed by atoms with Gasteiger partial charge in [-0.2, -0.15) is 5.26 Å². The van der Waals surface area contributed by atoms with Crippen LogP contribution in [0, 0.1) is 11.3 Å². The van der Waals surface area contributed by atoms with Crippen LogP contribution in [0.15, 0.2) is 36.9 Å². The first-order valence-corrected chi connectivity index (χ1v) is 4.73. The van der Waals surface area contributed by atoms with Crippen LogP contribution in [0.5, 0.6) is 0 Å². The highest BCUT2D eigenvalue weighted by Crippen LogP contribution is 2.03. The summed E-state index contributed by atoms with van der Waals surface area (Å²) in [6, 6.07) is 5.76. The quantitative estimate of drug-likeness (QED) is 0.829. The van der Waals surface area contributed by atoms with Gasteiger partial charge in [-0.15, -0.1) is 0 Å². The molecule has 1 N–H and O–H groups in total. The van der Waals surface area contributed by atoms with Crippen molar-refractivity contribution in [2.45, 2.75) is 6.54 Å². The van der Waals surface area contributed by atoms with Crippen LogP contribution in [0.3, 0.4) is 0 Å². The van der Waals surface area contributed by atoms with E-state index in [9.17, 15) is 0 Å². The average molecular weight is 211 g/mol. The summed E-state index contributed by atoms with van der Waals surface area (Å²) in [5.41, 5.74) is 1.38. The highest BCUT2D eigenvalue weighted by atomic mass is 15.0. The Hall–Kier alpha value is -2.48. The molecule has 0 aliphatic heterocycles. The molecule has 2 rings (SSSR count). The zero-order valence-electron chi connectivity index (χ0n) is 8.46. The van der Waals surface area contributed by atoms with Crippen molar-refractivity contribution < 1.29 is 0 Å². The van der Waals surface area contributed by atoms with Crippen molar-refractivity contribution in [3.8, 4) is 6.07 Å². The molecule has 0 amide bonds. The second kappa shape index (κ2) is 4.84. The minimum Gasteiger partial charge on any atom is -0.365 e. The fourth-order valence-electron chi connectivity index (χ4n) is 1.17. The molecule has 0 atom stereocenters. The van der Waals surface area contributed by atoms with Gasteiger partial charge in [-0.25, -0.2) is 9.97 Å². The topological polar surface area (TPSA) is 74.5 Å². The van der Waals surface area contributed by atoms with Crippen molar-refractivity contribution >= 4 is 5.82 Å². The lowest BCUT2D eigenvalue weighted by atomic mass is 10.3. The average Bonchev–Trinajstić information content (AvgIpc) is 2.38. The normalized spacial score (nSPS) is 9.44. The van der Waals surface area contributed by atoms with E-state index in [1.54, 1.807) is 12.4 Å². The third-order valence-corrected chi connectivity index (χ3v) is 1.96.